The van der Waals surface area contributed by atoms with Crippen LogP contribution in [0.25, 0.3) is 5.76 Å². The average Bonchev–Trinajstić information content (AvgIpc) is 3.09. The fourth-order valence-corrected chi connectivity index (χ4v) is 3.91. The van der Waals surface area contributed by atoms with Crippen LogP contribution in [0.2, 0.25) is 0 Å². The highest BCUT2D eigenvalue weighted by molar-refractivity contribution is 6.51. The van der Waals surface area contributed by atoms with Crippen molar-refractivity contribution in [3.8, 4) is 5.75 Å². The number of benzene rings is 3. The number of hydrogen-bond donors (Lipinski definition) is 1. The van der Waals surface area contributed by atoms with Crippen LogP contribution in [0.15, 0.2) is 84.4 Å². The van der Waals surface area contributed by atoms with Gasteiger partial charge in [0.15, 0.2) is 0 Å². The number of ketones is 1. The van der Waals surface area contributed by atoms with Gasteiger partial charge in [-0.2, -0.15) is 0 Å². The lowest BCUT2D eigenvalue weighted by atomic mass is 9.95. The summed E-state index contributed by atoms with van der Waals surface area (Å²) >= 11 is 0. The summed E-state index contributed by atoms with van der Waals surface area (Å²) in [6.45, 7) is 6.64. The van der Waals surface area contributed by atoms with Gasteiger partial charge in [-0.25, -0.2) is 0 Å². The van der Waals surface area contributed by atoms with Crippen LogP contribution < -0.4 is 9.64 Å². The number of rotatable bonds is 6. The van der Waals surface area contributed by atoms with E-state index in [2.05, 4.69) is 13.8 Å². The molecule has 0 aromatic heterocycles. The van der Waals surface area contributed by atoms with Gasteiger partial charge >= 0.3 is 0 Å². The zero-order chi connectivity index (χ0) is 23.5. The molecule has 1 heterocycles. The summed E-state index contributed by atoms with van der Waals surface area (Å²) in [5.41, 5.74) is 2.87. The summed E-state index contributed by atoms with van der Waals surface area (Å²) < 4.78 is 5.89. The topological polar surface area (TPSA) is 66.8 Å². The number of amides is 1. The average molecular weight is 442 g/mol. The second kappa shape index (κ2) is 9.33. The Morgan fingerprint density at radius 2 is 1.67 bits per heavy atom. The number of hydrogen-bond acceptors (Lipinski definition) is 4. The number of carbonyl (C=O) groups is 2. The van der Waals surface area contributed by atoms with Gasteiger partial charge in [0.05, 0.1) is 18.2 Å². The Morgan fingerprint density at radius 3 is 2.33 bits per heavy atom. The van der Waals surface area contributed by atoms with E-state index in [1.807, 2.05) is 61.5 Å². The smallest absolute Gasteiger partial charge is 0.300 e. The van der Waals surface area contributed by atoms with Crippen LogP contribution >= 0.6 is 0 Å². The van der Waals surface area contributed by atoms with Crippen LogP contribution in [0, 0.1) is 12.8 Å². The predicted octanol–water partition coefficient (Wildman–Crippen LogP) is 5.66. The minimum absolute atomic E-state index is 0.0628. The maximum Gasteiger partial charge on any atom is 0.300 e. The fraction of sp³-hybridized carbons (Fsp3) is 0.214. The maximum atomic E-state index is 13.2. The number of aliphatic hydroxyl groups is 1. The SMILES string of the molecule is Cc1ccc(N2C(=O)C(=O)/C(=C(\O)c3ccccc3)C2c2cccc(OCC(C)C)c2)cc1. The molecule has 4 rings (SSSR count). The second-order valence-corrected chi connectivity index (χ2v) is 8.65. The molecule has 0 saturated carbocycles. The van der Waals surface area contributed by atoms with Crippen LogP contribution in [-0.4, -0.2) is 23.4 Å². The first-order chi connectivity index (χ1) is 15.9. The number of carbonyl (C=O) groups excluding carboxylic acids is 2. The molecule has 3 aromatic carbocycles. The van der Waals surface area contributed by atoms with E-state index in [-0.39, 0.29) is 11.3 Å². The summed E-state index contributed by atoms with van der Waals surface area (Å²) in [4.78, 5) is 27.9. The molecule has 0 radical (unpaired) electrons. The van der Waals surface area contributed by atoms with E-state index in [1.54, 1.807) is 24.3 Å². The molecule has 1 aliphatic rings. The Bertz CT molecular complexity index is 1200. The van der Waals surface area contributed by atoms with E-state index in [0.29, 0.717) is 35.1 Å². The van der Waals surface area contributed by atoms with E-state index in [0.717, 1.165) is 5.56 Å². The van der Waals surface area contributed by atoms with Gasteiger partial charge in [0.25, 0.3) is 11.7 Å². The van der Waals surface area contributed by atoms with Crippen molar-refractivity contribution in [1.82, 2.24) is 0 Å². The molecule has 1 aliphatic heterocycles. The molecule has 1 atom stereocenters. The van der Waals surface area contributed by atoms with Crippen LogP contribution in [-0.2, 0) is 9.59 Å². The molecule has 5 nitrogen and oxygen atoms in total. The summed E-state index contributed by atoms with van der Waals surface area (Å²) in [6, 6.07) is 22.8. The summed E-state index contributed by atoms with van der Waals surface area (Å²) in [7, 11) is 0. The highest BCUT2D eigenvalue weighted by atomic mass is 16.5. The van der Waals surface area contributed by atoms with Gasteiger partial charge in [-0.15, -0.1) is 0 Å². The van der Waals surface area contributed by atoms with Crippen molar-refractivity contribution in [3.05, 3.63) is 101 Å². The molecular weight excluding hydrogens is 414 g/mol. The Balaban J connectivity index is 1.88. The number of nitrogens with zero attached hydrogens (tertiary/aromatic N) is 1. The fourth-order valence-electron chi connectivity index (χ4n) is 3.91. The third-order valence-corrected chi connectivity index (χ3v) is 5.56. The molecule has 1 amide bonds. The zero-order valence-electron chi connectivity index (χ0n) is 19.0. The van der Waals surface area contributed by atoms with Crippen molar-refractivity contribution in [2.75, 3.05) is 11.5 Å². The summed E-state index contributed by atoms with van der Waals surface area (Å²) in [5, 5.41) is 11.1. The minimum Gasteiger partial charge on any atom is -0.507 e. The largest absolute Gasteiger partial charge is 0.507 e. The Morgan fingerprint density at radius 1 is 0.970 bits per heavy atom. The summed E-state index contributed by atoms with van der Waals surface area (Å²) in [5.74, 6) is -0.576. The second-order valence-electron chi connectivity index (χ2n) is 8.65. The zero-order valence-corrected chi connectivity index (χ0v) is 19.0. The maximum absolute atomic E-state index is 13.2. The lowest BCUT2D eigenvalue weighted by Crippen LogP contribution is -2.29. The van der Waals surface area contributed by atoms with Gasteiger partial charge in [0.2, 0.25) is 0 Å². The Hall–Kier alpha value is -3.86. The van der Waals surface area contributed by atoms with Gasteiger partial charge in [-0.05, 0) is 42.7 Å². The quantitative estimate of drug-likeness (QED) is 0.305. The van der Waals surface area contributed by atoms with E-state index in [4.69, 9.17) is 4.74 Å². The molecule has 5 heteroatoms. The molecule has 0 spiro atoms. The first-order valence-electron chi connectivity index (χ1n) is 11.0. The van der Waals surface area contributed by atoms with E-state index < -0.39 is 17.7 Å². The molecule has 168 valence electrons. The van der Waals surface area contributed by atoms with Gasteiger partial charge in [0, 0.05) is 11.3 Å². The molecule has 1 fully saturated rings. The van der Waals surface area contributed by atoms with Crippen LogP contribution in [0.3, 0.4) is 0 Å². The van der Waals surface area contributed by atoms with E-state index >= 15 is 0 Å². The van der Waals surface area contributed by atoms with Crippen molar-refractivity contribution in [1.29, 1.82) is 0 Å². The highest BCUT2D eigenvalue weighted by Crippen LogP contribution is 2.42. The third-order valence-electron chi connectivity index (χ3n) is 5.56. The molecule has 0 bridgehead atoms. The molecular formula is C28H27NO4. The normalized spacial score (nSPS) is 17.6. The van der Waals surface area contributed by atoms with E-state index in [9.17, 15) is 14.7 Å². The van der Waals surface area contributed by atoms with Crippen molar-refractivity contribution in [3.63, 3.8) is 0 Å². The molecule has 1 N–H and O–H groups in total. The van der Waals surface area contributed by atoms with Crippen LogP contribution in [0.1, 0.15) is 36.6 Å². The minimum atomic E-state index is -0.782. The molecule has 0 aliphatic carbocycles. The third kappa shape index (κ3) is 4.53. The number of aliphatic hydroxyl groups excluding tert-OH is 1. The summed E-state index contributed by atoms with van der Waals surface area (Å²) in [6.07, 6.45) is 0. The highest BCUT2D eigenvalue weighted by Gasteiger charge is 2.47. The lowest BCUT2D eigenvalue weighted by Gasteiger charge is -2.26. The van der Waals surface area contributed by atoms with Crippen LogP contribution in [0.5, 0.6) is 5.75 Å². The van der Waals surface area contributed by atoms with Gasteiger partial charge in [-0.3, -0.25) is 14.5 Å². The Kier molecular flexibility index (Phi) is 6.31. The van der Waals surface area contributed by atoms with Crippen molar-refractivity contribution in [2.45, 2.75) is 26.8 Å². The molecule has 33 heavy (non-hydrogen) atoms. The molecule has 1 saturated heterocycles. The Labute approximate surface area is 193 Å². The van der Waals surface area contributed by atoms with Crippen molar-refractivity contribution in [2.24, 2.45) is 5.92 Å². The number of aryl methyl sites for hydroxylation is 1. The first-order valence-corrected chi connectivity index (χ1v) is 11.0. The van der Waals surface area contributed by atoms with Gasteiger partial charge < -0.3 is 9.84 Å². The molecule has 1 unspecified atom stereocenters. The molecule has 3 aromatic rings. The number of Topliss-reactive ketones (excluding diaryl/α,β-unsaturated/α-hetero) is 1. The standard InChI is InChI=1S/C28H27NO4/c1-18(2)17-33-23-11-7-10-21(16-23)25-24(26(30)20-8-5-4-6-9-20)27(31)28(32)29(25)22-14-12-19(3)13-15-22/h4-16,18,25,30H,17H2,1-3H3/b26-24-. The number of ether oxygens (including phenoxy) is 1. The van der Waals surface area contributed by atoms with Gasteiger partial charge in [0.1, 0.15) is 11.5 Å². The predicted molar refractivity (Wildman–Crippen MR) is 129 cm³/mol. The van der Waals surface area contributed by atoms with Gasteiger partial charge in [-0.1, -0.05) is 74.0 Å². The monoisotopic (exact) mass is 441 g/mol. The van der Waals surface area contributed by atoms with Crippen LogP contribution in [0.4, 0.5) is 5.69 Å². The van der Waals surface area contributed by atoms with Crippen molar-refractivity contribution >= 4 is 23.1 Å². The van der Waals surface area contributed by atoms with E-state index in [1.165, 1.54) is 4.90 Å². The van der Waals surface area contributed by atoms with Crippen molar-refractivity contribution < 1.29 is 19.4 Å². The number of anilines is 1. The first kappa shape index (κ1) is 22.3. The lowest BCUT2D eigenvalue weighted by molar-refractivity contribution is -0.132.